The Hall–Kier alpha value is -1.93. The first-order chi connectivity index (χ1) is 11.4. The maximum atomic E-state index is 12.3. The summed E-state index contributed by atoms with van der Waals surface area (Å²) in [5.74, 6) is -0.0407. The molecule has 1 aromatic rings. The van der Waals surface area contributed by atoms with Crippen LogP contribution in [0.5, 0.6) is 0 Å². The van der Waals surface area contributed by atoms with E-state index in [0.29, 0.717) is 31.6 Å². The van der Waals surface area contributed by atoms with E-state index in [4.69, 9.17) is 5.73 Å². The molecule has 1 amide bonds. The summed E-state index contributed by atoms with van der Waals surface area (Å²) in [5.41, 5.74) is 5.40. The number of nitrogens with two attached hydrogens (primary N) is 1. The molecule has 0 radical (unpaired) electrons. The Morgan fingerprint density at radius 2 is 2.08 bits per heavy atom. The fourth-order valence-electron chi connectivity index (χ4n) is 3.16. The van der Waals surface area contributed by atoms with Crippen molar-refractivity contribution in [2.75, 3.05) is 19.6 Å². The van der Waals surface area contributed by atoms with Gasteiger partial charge in [-0.2, -0.15) is 0 Å². The summed E-state index contributed by atoms with van der Waals surface area (Å²) < 4.78 is 2.57. The van der Waals surface area contributed by atoms with Gasteiger partial charge in [0.25, 0.3) is 5.56 Å². The van der Waals surface area contributed by atoms with Crippen molar-refractivity contribution in [2.24, 2.45) is 19.8 Å². The molecule has 1 aliphatic heterocycles. The Morgan fingerprint density at radius 3 is 2.79 bits per heavy atom. The molecule has 1 fully saturated rings. The lowest BCUT2D eigenvalue weighted by Crippen LogP contribution is -2.48. The highest BCUT2D eigenvalue weighted by Crippen LogP contribution is 2.18. The number of amides is 1. The van der Waals surface area contributed by atoms with Crippen LogP contribution in [0.2, 0.25) is 0 Å². The van der Waals surface area contributed by atoms with Crippen LogP contribution in [0.1, 0.15) is 31.2 Å². The normalized spacial score (nSPS) is 18.5. The molecule has 0 saturated carbocycles. The molecular formula is C16H27N5O3. The third-order valence-electron chi connectivity index (χ3n) is 4.55. The SMILES string of the molecule is Cn1cc(CN2CCCCC2CNC(=O)CCN)c(=O)n(C)c1=O. The van der Waals surface area contributed by atoms with Crippen molar-refractivity contribution < 1.29 is 4.79 Å². The number of carbonyl (C=O) groups excluding carboxylic acids is 1. The van der Waals surface area contributed by atoms with E-state index in [1.165, 1.54) is 11.6 Å². The average molecular weight is 337 g/mol. The number of nitrogens with one attached hydrogen (secondary N) is 1. The molecule has 1 saturated heterocycles. The molecule has 1 aliphatic rings. The largest absolute Gasteiger partial charge is 0.354 e. The fraction of sp³-hybridized carbons (Fsp3) is 0.688. The van der Waals surface area contributed by atoms with Crippen LogP contribution in [0.25, 0.3) is 0 Å². The summed E-state index contributed by atoms with van der Waals surface area (Å²) in [6, 6.07) is 0.197. The second kappa shape index (κ2) is 8.25. The average Bonchev–Trinajstić information content (AvgIpc) is 2.57. The summed E-state index contributed by atoms with van der Waals surface area (Å²) in [7, 11) is 3.14. The minimum atomic E-state index is -0.326. The monoisotopic (exact) mass is 337 g/mol. The van der Waals surface area contributed by atoms with Crippen molar-refractivity contribution in [3.63, 3.8) is 0 Å². The van der Waals surface area contributed by atoms with Gasteiger partial charge in [0.1, 0.15) is 0 Å². The van der Waals surface area contributed by atoms with E-state index < -0.39 is 0 Å². The predicted molar refractivity (Wildman–Crippen MR) is 91.7 cm³/mol. The van der Waals surface area contributed by atoms with Crippen LogP contribution in [0.4, 0.5) is 0 Å². The van der Waals surface area contributed by atoms with Gasteiger partial charge < -0.3 is 15.6 Å². The molecule has 2 heterocycles. The number of aromatic nitrogens is 2. The molecule has 0 bridgehead atoms. The van der Waals surface area contributed by atoms with Gasteiger partial charge in [0.2, 0.25) is 5.91 Å². The summed E-state index contributed by atoms with van der Waals surface area (Å²) in [5, 5.41) is 2.92. The predicted octanol–water partition coefficient (Wildman–Crippen LogP) is -1.10. The smallest absolute Gasteiger partial charge is 0.330 e. The minimum absolute atomic E-state index is 0.0407. The lowest BCUT2D eigenvalue weighted by Gasteiger charge is -2.35. The lowest BCUT2D eigenvalue weighted by molar-refractivity contribution is -0.121. The first kappa shape index (κ1) is 18.4. The molecule has 1 atom stereocenters. The highest BCUT2D eigenvalue weighted by Gasteiger charge is 2.24. The van der Waals surface area contributed by atoms with Gasteiger partial charge in [-0.15, -0.1) is 0 Å². The number of hydrogen-bond donors (Lipinski definition) is 2. The molecule has 2 rings (SSSR count). The van der Waals surface area contributed by atoms with E-state index in [2.05, 4.69) is 10.2 Å². The molecule has 1 unspecified atom stereocenters. The Labute approximate surface area is 141 Å². The Balaban J connectivity index is 2.10. The Bertz CT molecular complexity index is 694. The molecule has 8 nitrogen and oxygen atoms in total. The number of hydrogen-bond acceptors (Lipinski definition) is 5. The zero-order valence-electron chi connectivity index (χ0n) is 14.5. The second-order valence-electron chi connectivity index (χ2n) is 6.37. The molecule has 0 aromatic carbocycles. The van der Waals surface area contributed by atoms with Gasteiger partial charge in [-0.3, -0.25) is 19.1 Å². The van der Waals surface area contributed by atoms with Crippen LogP contribution in [-0.4, -0.2) is 45.6 Å². The standard InChI is InChI=1S/C16H27N5O3/c1-19-10-12(15(23)20(2)16(19)24)11-21-8-4-3-5-13(21)9-18-14(22)6-7-17/h10,13H,3-9,11,17H2,1-2H3,(H,18,22). The third kappa shape index (κ3) is 4.33. The van der Waals surface area contributed by atoms with Crippen molar-refractivity contribution in [3.05, 3.63) is 32.6 Å². The van der Waals surface area contributed by atoms with Gasteiger partial charge in [0, 0.05) is 58.0 Å². The van der Waals surface area contributed by atoms with Crippen molar-refractivity contribution in [3.8, 4) is 0 Å². The third-order valence-corrected chi connectivity index (χ3v) is 4.55. The summed E-state index contributed by atoms with van der Waals surface area (Å²) >= 11 is 0. The van der Waals surface area contributed by atoms with Crippen LogP contribution >= 0.6 is 0 Å². The van der Waals surface area contributed by atoms with E-state index in [1.54, 1.807) is 13.2 Å². The number of aryl methyl sites for hydroxylation is 1. The van der Waals surface area contributed by atoms with Crippen LogP contribution in [0.3, 0.4) is 0 Å². The minimum Gasteiger partial charge on any atom is -0.354 e. The van der Waals surface area contributed by atoms with E-state index in [1.807, 2.05) is 0 Å². The van der Waals surface area contributed by atoms with Crippen LogP contribution in [0.15, 0.2) is 15.8 Å². The molecule has 24 heavy (non-hydrogen) atoms. The number of carbonyl (C=O) groups is 1. The van der Waals surface area contributed by atoms with Crippen LogP contribution in [0, 0.1) is 0 Å². The van der Waals surface area contributed by atoms with E-state index in [9.17, 15) is 14.4 Å². The maximum absolute atomic E-state index is 12.3. The van der Waals surface area contributed by atoms with Crippen molar-refractivity contribution in [2.45, 2.75) is 38.3 Å². The van der Waals surface area contributed by atoms with E-state index >= 15 is 0 Å². The number of nitrogens with zero attached hydrogens (tertiary/aromatic N) is 3. The van der Waals surface area contributed by atoms with Gasteiger partial charge >= 0.3 is 5.69 Å². The first-order valence-electron chi connectivity index (χ1n) is 8.40. The summed E-state index contributed by atoms with van der Waals surface area (Å²) in [6.07, 6.45) is 5.10. The van der Waals surface area contributed by atoms with Crippen LogP contribution in [-0.2, 0) is 25.4 Å². The number of likely N-dealkylation sites (tertiary alicyclic amines) is 1. The second-order valence-corrected chi connectivity index (χ2v) is 6.37. The molecule has 0 aliphatic carbocycles. The molecule has 134 valence electrons. The highest BCUT2D eigenvalue weighted by atomic mass is 16.2. The van der Waals surface area contributed by atoms with Gasteiger partial charge in [0.05, 0.1) is 0 Å². The zero-order chi connectivity index (χ0) is 17.7. The summed E-state index contributed by atoms with van der Waals surface area (Å²) in [6.45, 7) is 2.26. The molecule has 0 spiro atoms. The molecular weight excluding hydrogens is 310 g/mol. The topological polar surface area (TPSA) is 102 Å². The maximum Gasteiger partial charge on any atom is 0.330 e. The Morgan fingerprint density at radius 1 is 1.33 bits per heavy atom. The van der Waals surface area contributed by atoms with Crippen molar-refractivity contribution in [1.82, 2.24) is 19.4 Å². The van der Waals surface area contributed by atoms with Crippen LogP contribution < -0.4 is 22.3 Å². The zero-order valence-corrected chi connectivity index (χ0v) is 14.5. The van der Waals surface area contributed by atoms with Crippen molar-refractivity contribution in [1.29, 1.82) is 0 Å². The summed E-state index contributed by atoms with van der Waals surface area (Å²) in [4.78, 5) is 38.0. The lowest BCUT2D eigenvalue weighted by atomic mass is 10.0. The van der Waals surface area contributed by atoms with Gasteiger partial charge in [-0.05, 0) is 19.4 Å². The number of rotatable bonds is 6. The van der Waals surface area contributed by atoms with Gasteiger partial charge in [-0.25, -0.2) is 4.79 Å². The van der Waals surface area contributed by atoms with E-state index in [0.717, 1.165) is 30.4 Å². The highest BCUT2D eigenvalue weighted by molar-refractivity contribution is 5.76. The van der Waals surface area contributed by atoms with Gasteiger partial charge in [-0.1, -0.05) is 6.42 Å². The fourth-order valence-corrected chi connectivity index (χ4v) is 3.16. The van der Waals surface area contributed by atoms with Crippen molar-refractivity contribution >= 4 is 5.91 Å². The number of piperidine rings is 1. The first-order valence-corrected chi connectivity index (χ1v) is 8.40. The quantitative estimate of drug-likeness (QED) is 0.686. The molecule has 1 aromatic heterocycles. The molecule has 8 heteroatoms. The van der Waals surface area contributed by atoms with Gasteiger partial charge in [0.15, 0.2) is 0 Å². The van der Waals surface area contributed by atoms with E-state index in [-0.39, 0.29) is 23.2 Å². The molecule has 3 N–H and O–H groups in total. The Kier molecular flexibility index (Phi) is 6.33.